The third kappa shape index (κ3) is 17.2. The fourth-order valence-corrected chi connectivity index (χ4v) is 0.109. The molecule has 48 valence electrons. The summed E-state index contributed by atoms with van der Waals surface area (Å²) in [5.41, 5.74) is 0. The maximum Gasteiger partial charge on any atom is 1.00 e. The van der Waals surface area contributed by atoms with Gasteiger partial charge < -0.3 is 14.7 Å². The van der Waals surface area contributed by atoms with Gasteiger partial charge in [0, 0.05) is 0 Å². The zero-order valence-corrected chi connectivity index (χ0v) is 11.7. The Bertz CT molecular complexity index is 76.6. The van der Waals surface area contributed by atoms with E-state index in [1.807, 2.05) is 0 Å². The Labute approximate surface area is 141 Å². The summed E-state index contributed by atoms with van der Waals surface area (Å²) in [5, 5.41) is 18.1. The van der Waals surface area contributed by atoms with Crippen molar-refractivity contribution in [2.75, 3.05) is 0 Å². The van der Waals surface area contributed by atoms with Crippen LogP contribution in [0.15, 0.2) is 0 Å². The molecule has 0 saturated carbocycles. The van der Waals surface area contributed by atoms with Crippen molar-refractivity contribution in [1.29, 1.82) is 0 Å². The van der Waals surface area contributed by atoms with Crippen LogP contribution in [0.1, 0.15) is 0 Å². The van der Waals surface area contributed by atoms with Gasteiger partial charge in [-0.25, -0.2) is 0 Å². The Morgan fingerprint density at radius 2 is 1.40 bits per heavy atom. The molecule has 0 bridgehead atoms. The zero-order valence-electron chi connectivity index (χ0n) is 5.44. The van der Waals surface area contributed by atoms with E-state index in [1.165, 1.54) is 0 Å². The van der Waals surface area contributed by atoms with Gasteiger partial charge in [0.25, 0.3) is 0 Å². The monoisotopic (exact) mass is 206 g/mol. The van der Waals surface area contributed by atoms with Crippen LogP contribution in [0.4, 0.5) is 13.2 Å². The average molecular weight is 206 g/mol. The Kier molecular flexibility index (Phi) is 16.1. The van der Waals surface area contributed by atoms with Crippen molar-refractivity contribution in [1.82, 2.24) is 0 Å². The first-order valence-electron chi connectivity index (χ1n) is 1.48. The SMILES string of the molecule is [K+].[K+].[O-]B([O-])OC(F)(F)F. The molecular formula is CBF3K2O3. The van der Waals surface area contributed by atoms with Crippen LogP contribution in [0, 0.1) is 0 Å². The minimum Gasteiger partial charge on any atom is -0.870 e. The summed E-state index contributed by atoms with van der Waals surface area (Å²) < 4.78 is 34.4. The van der Waals surface area contributed by atoms with Crippen LogP contribution in [0.25, 0.3) is 0 Å². The predicted molar refractivity (Wildman–Crippen MR) is 12.9 cm³/mol. The van der Waals surface area contributed by atoms with E-state index in [9.17, 15) is 13.2 Å². The van der Waals surface area contributed by atoms with Crippen LogP contribution in [-0.4, -0.2) is 13.7 Å². The van der Waals surface area contributed by atoms with Crippen molar-refractivity contribution in [3.05, 3.63) is 0 Å². The molecule has 9 heteroatoms. The summed E-state index contributed by atoms with van der Waals surface area (Å²) in [6.07, 6.45) is -5.10. The second-order valence-corrected chi connectivity index (χ2v) is 0.852. The fourth-order valence-electron chi connectivity index (χ4n) is 0.109. The molecule has 0 unspecified atom stereocenters. The molecule has 0 spiro atoms. The maximum atomic E-state index is 10.7. The first-order valence-corrected chi connectivity index (χ1v) is 1.48. The number of hydrogen-bond acceptors (Lipinski definition) is 3. The zero-order chi connectivity index (χ0) is 6.78. The van der Waals surface area contributed by atoms with Crippen LogP contribution in [-0.2, 0) is 4.65 Å². The molecule has 0 saturated heterocycles. The van der Waals surface area contributed by atoms with E-state index in [2.05, 4.69) is 4.65 Å². The number of alkyl halides is 3. The van der Waals surface area contributed by atoms with E-state index in [1.54, 1.807) is 0 Å². The van der Waals surface area contributed by atoms with Crippen molar-refractivity contribution in [3.8, 4) is 0 Å². The Hall–Kier alpha value is 3.01. The molecule has 0 rings (SSSR count). The van der Waals surface area contributed by atoms with Gasteiger partial charge in [0.2, 0.25) is 0 Å². The van der Waals surface area contributed by atoms with Gasteiger partial charge in [0.15, 0.2) is 0 Å². The van der Waals surface area contributed by atoms with E-state index in [0.29, 0.717) is 0 Å². The molecule has 0 aromatic carbocycles. The van der Waals surface area contributed by atoms with Crippen molar-refractivity contribution in [2.24, 2.45) is 0 Å². The molecule has 10 heavy (non-hydrogen) atoms. The van der Waals surface area contributed by atoms with Gasteiger partial charge in [-0.2, -0.15) is 0 Å². The molecule has 0 aliphatic rings. The summed E-state index contributed by atoms with van der Waals surface area (Å²) in [5.74, 6) is 0. The number of rotatable bonds is 1. The third-order valence-electron chi connectivity index (χ3n) is 0.230. The summed E-state index contributed by atoms with van der Waals surface area (Å²) in [7, 11) is -3.28. The van der Waals surface area contributed by atoms with Crippen LogP contribution in [0.3, 0.4) is 0 Å². The van der Waals surface area contributed by atoms with Gasteiger partial charge in [0.05, 0.1) is 7.32 Å². The number of halogens is 3. The molecular weight excluding hydrogens is 206 g/mol. The molecule has 0 N–H and O–H groups in total. The van der Waals surface area contributed by atoms with E-state index < -0.39 is 13.7 Å². The topological polar surface area (TPSA) is 55.3 Å². The largest absolute Gasteiger partial charge is 1.00 e. The Morgan fingerprint density at radius 1 is 1.10 bits per heavy atom. The van der Waals surface area contributed by atoms with E-state index in [-0.39, 0.29) is 103 Å². The molecule has 3 nitrogen and oxygen atoms in total. The van der Waals surface area contributed by atoms with Crippen LogP contribution >= 0.6 is 0 Å². The molecule has 0 aromatic heterocycles. The Balaban J connectivity index is -0.000000245. The molecule has 0 fully saturated rings. The standard InChI is InChI=1S/CBF3O3.2K/c3-1(4,5)8-2(6)7;;/q-2;2*+1. The summed E-state index contributed by atoms with van der Waals surface area (Å²) in [4.78, 5) is 0. The summed E-state index contributed by atoms with van der Waals surface area (Å²) >= 11 is 0. The van der Waals surface area contributed by atoms with Gasteiger partial charge >= 0.3 is 109 Å². The molecule has 0 radical (unpaired) electrons. The van der Waals surface area contributed by atoms with Gasteiger partial charge in [-0.1, -0.05) is 0 Å². The van der Waals surface area contributed by atoms with Crippen LogP contribution < -0.4 is 113 Å². The molecule has 0 heterocycles. The Morgan fingerprint density at radius 3 is 1.40 bits per heavy atom. The summed E-state index contributed by atoms with van der Waals surface area (Å²) in [6, 6.07) is 0. The normalized spacial score (nSPS) is 9.30. The molecule has 0 atom stereocenters. The van der Waals surface area contributed by atoms with Gasteiger partial charge in [-0.15, -0.1) is 13.2 Å². The first-order chi connectivity index (χ1) is 3.42. The smallest absolute Gasteiger partial charge is 0.870 e. The van der Waals surface area contributed by atoms with Crippen LogP contribution in [0.5, 0.6) is 0 Å². The van der Waals surface area contributed by atoms with Crippen molar-refractivity contribution in [2.45, 2.75) is 6.36 Å². The van der Waals surface area contributed by atoms with Crippen LogP contribution in [0.2, 0.25) is 0 Å². The summed E-state index contributed by atoms with van der Waals surface area (Å²) in [6.45, 7) is 0. The second-order valence-electron chi connectivity index (χ2n) is 0.852. The fraction of sp³-hybridized carbons (Fsp3) is 1.00. The minimum atomic E-state index is -5.10. The molecule has 0 aliphatic carbocycles. The van der Waals surface area contributed by atoms with Crippen molar-refractivity contribution in [3.63, 3.8) is 0 Å². The van der Waals surface area contributed by atoms with Gasteiger partial charge in [-0.05, 0) is 0 Å². The van der Waals surface area contributed by atoms with E-state index in [0.717, 1.165) is 0 Å². The predicted octanol–water partition coefficient (Wildman–Crippen LogP) is -7.76. The molecule has 0 aromatic rings. The first kappa shape index (κ1) is 18.7. The average Bonchev–Trinajstić information content (AvgIpc) is 1.21. The van der Waals surface area contributed by atoms with E-state index >= 15 is 0 Å². The number of hydrogen-bond donors (Lipinski definition) is 0. The quantitative estimate of drug-likeness (QED) is 0.400. The van der Waals surface area contributed by atoms with Crippen molar-refractivity contribution < 1.29 is 131 Å². The minimum absolute atomic E-state index is 0. The molecule has 0 aliphatic heterocycles. The maximum absolute atomic E-state index is 10.7. The second kappa shape index (κ2) is 8.60. The third-order valence-corrected chi connectivity index (χ3v) is 0.230. The van der Waals surface area contributed by atoms with E-state index in [4.69, 9.17) is 10.0 Å². The van der Waals surface area contributed by atoms with Crippen molar-refractivity contribution >= 4 is 7.32 Å². The van der Waals surface area contributed by atoms with Gasteiger partial charge in [-0.3, -0.25) is 0 Å². The molecule has 0 amide bonds. The van der Waals surface area contributed by atoms with Gasteiger partial charge in [0.1, 0.15) is 0 Å².